The number of carbonyl (C=O) groups excluding carboxylic acids is 1. The Labute approximate surface area is 108 Å². The van der Waals surface area contributed by atoms with E-state index in [-0.39, 0.29) is 11.5 Å². The first kappa shape index (κ1) is 14.5. The molecule has 0 atom stereocenters. The predicted octanol–water partition coefficient (Wildman–Crippen LogP) is 2.49. The predicted molar refractivity (Wildman–Crippen MR) is 71.3 cm³/mol. The van der Waals surface area contributed by atoms with Gasteiger partial charge in [-0.15, -0.1) is 0 Å². The van der Waals surface area contributed by atoms with Gasteiger partial charge in [0.25, 0.3) is 0 Å². The zero-order valence-electron chi connectivity index (χ0n) is 11.2. The molecular formula is C14H21NO3. The molecule has 0 spiro atoms. The third kappa shape index (κ3) is 3.74. The first-order chi connectivity index (χ1) is 8.60. The lowest BCUT2D eigenvalue weighted by atomic mass is 10.1. The van der Waals surface area contributed by atoms with Crippen LogP contribution in [-0.2, 0) is 6.54 Å². The molecule has 4 heteroatoms. The van der Waals surface area contributed by atoms with Gasteiger partial charge >= 0.3 is 0 Å². The number of hydrogen-bond donors (Lipinski definition) is 2. The summed E-state index contributed by atoms with van der Waals surface area (Å²) >= 11 is 0. The van der Waals surface area contributed by atoms with E-state index in [0.29, 0.717) is 23.4 Å². The number of aromatic hydroxyl groups is 1. The highest BCUT2D eigenvalue weighted by atomic mass is 16.5. The summed E-state index contributed by atoms with van der Waals surface area (Å²) in [6, 6.07) is 3.27. The molecule has 0 aliphatic heterocycles. The summed E-state index contributed by atoms with van der Waals surface area (Å²) in [6.45, 7) is 5.05. The number of Topliss-reactive ketones (excluding diaryl/α,β-unsaturated/α-hetero) is 1. The number of methoxy groups -OCH3 is 1. The standard InChI is InChI=1S/C14H21NO3/c1-4-5-6-15-9-12-7-11(10(2)16)8-13(18-3)14(12)17/h7-8,15,17H,4-6,9H2,1-3H3. The fourth-order valence-corrected chi connectivity index (χ4v) is 1.68. The van der Waals surface area contributed by atoms with E-state index in [1.807, 2.05) is 0 Å². The monoisotopic (exact) mass is 251 g/mol. The smallest absolute Gasteiger partial charge is 0.162 e. The van der Waals surface area contributed by atoms with E-state index in [1.54, 1.807) is 12.1 Å². The van der Waals surface area contributed by atoms with Gasteiger partial charge in [-0.25, -0.2) is 0 Å². The summed E-state index contributed by atoms with van der Waals surface area (Å²) in [4.78, 5) is 11.4. The lowest BCUT2D eigenvalue weighted by molar-refractivity contribution is 0.101. The lowest BCUT2D eigenvalue weighted by Gasteiger charge is -2.11. The fraction of sp³-hybridized carbons (Fsp3) is 0.500. The number of ether oxygens (including phenoxy) is 1. The van der Waals surface area contributed by atoms with Gasteiger partial charge in [-0.1, -0.05) is 13.3 Å². The maximum Gasteiger partial charge on any atom is 0.162 e. The van der Waals surface area contributed by atoms with Gasteiger partial charge in [-0.3, -0.25) is 4.79 Å². The van der Waals surface area contributed by atoms with Crippen molar-refractivity contribution in [2.45, 2.75) is 33.2 Å². The van der Waals surface area contributed by atoms with E-state index >= 15 is 0 Å². The van der Waals surface area contributed by atoms with Crippen molar-refractivity contribution in [1.29, 1.82) is 0 Å². The minimum Gasteiger partial charge on any atom is -0.504 e. The van der Waals surface area contributed by atoms with Crippen molar-refractivity contribution in [3.05, 3.63) is 23.3 Å². The van der Waals surface area contributed by atoms with Crippen molar-refractivity contribution in [3.8, 4) is 11.5 Å². The molecule has 0 aromatic heterocycles. The van der Waals surface area contributed by atoms with E-state index in [0.717, 1.165) is 19.4 Å². The topological polar surface area (TPSA) is 58.6 Å². The average molecular weight is 251 g/mol. The zero-order valence-corrected chi connectivity index (χ0v) is 11.2. The Morgan fingerprint density at radius 1 is 1.44 bits per heavy atom. The van der Waals surface area contributed by atoms with Crippen molar-refractivity contribution in [1.82, 2.24) is 5.32 Å². The minimum absolute atomic E-state index is 0.0388. The van der Waals surface area contributed by atoms with Crippen LogP contribution in [0.3, 0.4) is 0 Å². The lowest BCUT2D eigenvalue weighted by Crippen LogP contribution is -2.15. The van der Waals surface area contributed by atoms with Crippen molar-refractivity contribution in [2.75, 3.05) is 13.7 Å². The van der Waals surface area contributed by atoms with Crippen LogP contribution in [-0.4, -0.2) is 24.5 Å². The van der Waals surface area contributed by atoms with Crippen LogP contribution in [0.2, 0.25) is 0 Å². The van der Waals surface area contributed by atoms with Gasteiger partial charge in [-0.05, 0) is 32.0 Å². The number of rotatable bonds is 7. The molecule has 0 fully saturated rings. The molecule has 1 aromatic rings. The van der Waals surface area contributed by atoms with Crippen molar-refractivity contribution in [2.24, 2.45) is 0 Å². The molecule has 1 aromatic carbocycles. The van der Waals surface area contributed by atoms with Crippen LogP contribution >= 0.6 is 0 Å². The summed E-state index contributed by atoms with van der Waals surface area (Å²) in [5, 5.41) is 13.2. The second-order valence-electron chi connectivity index (χ2n) is 4.27. The first-order valence-electron chi connectivity index (χ1n) is 6.21. The molecule has 0 radical (unpaired) electrons. The Morgan fingerprint density at radius 3 is 2.72 bits per heavy atom. The second kappa shape index (κ2) is 7.01. The number of phenols is 1. The van der Waals surface area contributed by atoms with E-state index in [9.17, 15) is 9.90 Å². The highest BCUT2D eigenvalue weighted by Gasteiger charge is 2.12. The molecule has 100 valence electrons. The molecule has 0 amide bonds. The van der Waals surface area contributed by atoms with Gasteiger partial charge in [0.2, 0.25) is 0 Å². The van der Waals surface area contributed by atoms with E-state index in [4.69, 9.17) is 4.74 Å². The quantitative estimate of drug-likeness (QED) is 0.577. The first-order valence-corrected chi connectivity index (χ1v) is 6.21. The Morgan fingerprint density at radius 2 is 2.17 bits per heavy atom. The largest absolute Gasteiger partial charge is 0.504 e. The number of ketones is 1. The molecule has 0 aliphatic rings. The number of hydrogen-bond acceptors (Lipinski definition) is 4. The zero-order chi connectivity index (χ0) is 13.5. The number of phenolic OH excluding ortho intramolecular Hbond substituents is 1. The Hall–Kier alpha value is -1.55. The average Bonchev–Trinajstić information content (AvgIpc) is 2.36. The van der Waals surface area contributed by atoms with Gasteiger partial charge in [0.05, 0.1) is 7.11 Å². The van der Waals surface area contributed by atoms with Crippen LogP contribution in [0.5, 0.6) is 11.5 Å². The van der Waals surface area contributed by atoms with Crippen LogP contribution in [0.4, 0.5) is 0 Å². The van der Waals surface area contributed by atoms with Crippen LogP contribution in [0.15, 0.2) is 12.1 Å². The minimum atomic E-state index is -0.0388. The molecule has 0 saturated heterocycles. The molecular weight excluding hydrogens is 230 g/mol. The molecule has 2 N–H and O–H groups in total. The number of nitrogens with one attached hydrogen (secondary N) is 1. The summed E-state index contributed by atoms with van der Waals surface area (Å²) < 4.78 is 5.07. The van der Waals surface area contributed by atoms with Gasteiger partial charge in [0.15, 0.2) is 17.3 Å². The van der Waals surface area contributed by atoms with Gasteiger partial charge in [0.1, 0.15) is 0 Å². The highest BCUT2D eigenvalue weighted by Crippen LogP contribution is 2.31. The molecule has 4 nitrogen and oxygen atoms in total. The van der Waals surface area contributed by atoms with Crippen molar-refractivity contribution >= 4 is 5.78 Å². The molecule has 0 heterocycles. The summed E-state index contributed by atoms with van der Waals surface area (Å²) in [6.07, 6.45) is 2.21. The van der Waals surface area contributed by atoms with Crippen LogP contribution in [0, 0.1) is 0 Å². The molecule has 18 heavy (non-hydrogen) atoms. The Balaban J connectivity index is 2.87. The maximum absolute atomic E-state index is 11.4. The molecule has 0 aliphatic carbocycles. The Bertz CT molecular complexity index is 416. The van der Waals surface area contributed by atoms with Crippen LogP contribution in [0.25, 0.3) is 0 Å². The molecule has 0 saturated carbocycles. The van der Waals surface area contributed by atoms with Gasteiger partial charge in [0, 0.05) is 17.7 Å². The van der Waals surface area contributed by atoms with E-state index < -0.39 is 0 Å². The van der Waals surface area contributed by atoms with E-state index in [2.05, 4.69) is 12.2 Å². The molecule has 0 unspecified atom stereocenters. The number of benzene rings is 1. The van der Waals surface area contributed by atoms with Gasteiger partial charge in [-0.2, -0.15) is 0 Å². The highest BCUT2D eigenvalue weighted by molar-refractivity contribution is 5.95. The summed E-state index contributed by atoms with van der Waals surface area (Å²) in [7, 11) is 1.48. The van der Waals surface area contributed by atoms with Crippen molar-refractivity contribution < 1.29 is 14.6 Å². The number of carbonyl (C=O) groups is 1. The SMILES string of the molecule is CCCCNCc1cc(C(C)=O)cc(OC)c1O. The molecule has 1 rings (SSSR count). The van der Waals surface area contributed by atoms with Gasteiger partial charge < -0.3 is 15.2 Å². The summed E-state index contributed by atoms with van der Waals surface area (Å²) in [5.74, 6) is 0.407. The third-order valence-corrected chi connectivity index (χ3v) is 2.80. The summed E-state index contributed by atoms with van der Waals surface area (Å²) in [5.41, 5.74) is 1.24. The number of unbranched alkanes of at least 4 members (excludes halogenated alkanes) is 1. The van der Waals surface area contributed by atoms with Crippen LogP contribution in [0.1, 0.15) is 42.6 Å². The fourth-order valence-electron chi connectivity index (χ4n) is 1.68. The van der Waals surface area contributed by atoms with Crippen molar-refractivity contribution in [3.63, 3.8) is 0 Å². The normalized spacial score (nSPS) is 10.4. The van der Waals surface area contributed by atoms with Crippen LogP contribution < -0.4 is 10.1 Å². The second-order valence-corrected chi connectivity index (χ2v) is 4.27. The van der Waals surface area contributed by atoms with E-state index in [1.165, 1.54) is 14.0 Å². The third-order valence-electron chi connectivity index (χ3n) is 2.80. The Kier molecular flexibility index (Phi) is 5.65. The maximum atomic E-state index is 11.4. The molecule has 0 bridgehead atoms.